The Morgan fingerprint density at radius 2 is 1.72 bits per heavy atom. The quantitative estimate of drug-likeness (QED) is 0.344. The molecule has 0 radical (unpaired) electrons. The Labute approximate surface area is 140 Å². The van der Waals surface area contributed by atoms with E-state index in [-0.39, 0.29) is 30.2 Å². The summed E-state index contributed by atoms with van der Waals surface area (Å²) in [5, 5.41) is 0. The molecule has 0 nitrogen and oxygen atoms in total. The van der Waals surface area contributed by atoms with Crippen LogP contribution in [-0.4, -0.2) is 5.43 Å². The Hall–Kier alpha value is 0.640. The van der Waals surface area contributed by atoms with Gasteiger partial charge in [0.05, 0.1) is 0 Å². The topological polar surface area (TPSA) is 0 Å². The van der Waals surface area contributed by atoms with Gasteiger partial charge in [0, 0.05) is 0 Å². The van der Waals surface area contributed by atoms with Gasteiger partial charge in [-0.15, -0.1) is 19.8 Å². The third-order valence-electron chi connectivity index (χ3n) is 1.94. The van der Waals surface area contributed by atoms with Gasteiger partial charge < -0.3 is 24.8 Å². The maximum absolute atomic E-state index is 3.12. The summed E-state index contributed by atoms with van der Waals surface area (Å²) < 4.78 is 0. The molecular weight excluding hydrogens is 358 g/mol. The smallest absolute Gasteiger partial charge is 0.109 e. The molecule has 0 aromatic rings. The predicted molar refractivity (Wildman–Crippen MR) is 69.9 cm³/mol. The van der Waals surface area contributed by atoms with Crippen LogP contribution in [0.3, 0.4) is 0 Å². The second kappa shape index (κ2) is 15.7. The van der Waals surface area contributed by atoms with Crippen molar-refractivity contribution in [1.82, 2.24) is 0 Å². The van der Waals surface area contributed by atoms with E-state index in [1.54, 1.807) is 23.3 Å². The van der Waals surface area contributed by atoms with Crippen molar-refractivity contribution in [3.8, 4) is 0 Å². The van der Waals surface area contributed by atoms with E-state index in [9.17, 15) is 0 Å². The average molecular weight is 379 g/mol. The molecule has 0 fully saturated rings. The van der Waals surface area contributed by atoms with E-state index in [0.717, 1.165) is 12.8 Å². The van der Waals surface area contributed by atoms with Crippen molar-refractivity contribution in [2.75, 3.05) is 0 Å². The summed E-state index contributed by atoms with van der Waals surface area (Å²) in [6.45, 7) is 8.88. The van der Waals surface area contributed by atoms with Crippen LogP contribution < -0.4 is 24.8 Å². The van der Waals surface area contributed by atoms with Crippen LogP contribution in [0.2, 0.25) is 13.1 Å². The molecule has 0 heterocycles. The third-order valence-corrected chi connectivity index (χ3v) is 1.94. The van der Waals surface area contributed by atoms with Crippen molar-refractivity contribution in [1.29, 1.82) is 0 Å². The zero-order valence-corrected chi connectivity index (χ0v) is 16.4. The number of rotatable bonds is 0. The van der Waals surface area contributed by atoms with Crippen LogP contribution in [0.4, 0.5) is 0 Å². The van der Waals surface area contributed by atoms with E-state index in [4.69, 9.17) is 0 Å². The summed E-state index contributed by atoms with van der Waals surface area (Å²) >= 11 is 1.74. The average Bonchev–Trinajstić information content (AvgIpc) is 2.81. The number of halogens is 2. The fourth-order valence-electron chi connectivity index (χ4n) is 0.960. The van der Waals surface area contributed by atoms with Crippen LogP contribution in [0.15, 0.2) is 35.5 Å². The van der Waals surface area contributed by atoms with Crippen LogP contribution in [0, 0.1) is 12.2 Å². The summed E-state index contributed by atoms with van der Waals surface area (Å²) in [5.41, 5.74) is 3.06. The van der Waals surface area contributed by atoms with E-state index in [1.165, 1.54) is 11.1 Å². The van der Waals surface area contributed by atoms with Gasteiger partial charge in [0.2, 0.25) is 0 Å². The van der Waals surface area contributed by atoms with Gasteiger partial charge in [-0.2, -0.15) is 11.6 Å². The van der Waals surface area contributed by atoms with Crippen LogP contribution in [0.5, 0.6) is 0 Å². The van der Waals surface area contributed by atoms with Crippen molar-refractivity contribution in [3.63, 3.8) is 0 Å². The molecule has 0 spiro atoms. The maximum Gasteiger partial charge on any atom is -0.109 e. The van der Waals surface area contributed by atoms with E-state index < -0.39 is 0 Å². The Morgan fingerprint density at radius 3 is 1.83 bits per heavy atom. The summed E-state index contributed by atoms with van der Waals surface area (Å²) in [7, 11) is 0. The molecule has 0 aromatic carbocycles. The van der Waals surface area contributed by atoms with Gasteiger partial charge in [0.25, 0.3) is 0 Å². The molecule has 0 unspecified atom stereocenters. The summed E-state index contributed by atoms with van der Waals surface area (Å²) in [5.74, 6) is 0. The molecule has 0 atom stereocenters. The molecule has 100 valence electrons. The maximum atomic E-state index is 3.12. The molecule has 0 bridgehead atoms. The second-order valence-corrected chi connectivity index (χ2v) is 13.4. The van der Waals surface area contributed by atoms with Crippen molar-refractivity contribution in [3.05, 3.63) is 47.6 Å². The summed E-state index contributed by atoms with van der Waals surface area (Å²) in [6, 6.07) is 0. The van der Waals surface area contributed by atoms with Crippen LogP contribution in [0.25, 0.3) is 0 Å². The molecule has 2 aliphatic carbocycles. The normalized spacial score (nSPS) is 13.9. The largest absolute Gasteiger partial charge is 1.00 e. The second-order valence-electron chi connectivity index (χ2n) is 3.99. The number of hydrogen-bond acceptors (Lipinski definition) is 0. The van der Waals surface area contributed by atoms with Gasteiger partial charge in [-0.1, -0.05) is 6.92 Å². The first kappa shape index (κ1) is 23.7. The van der Waals surface area contributed by atoms with E-state index in [1.807, 2.05) is 12.2 Å². The Bertz CT molecular complexity index is 328. The zero-order valence-electron chi connectivity index (χ0n) is 11.5. The third kappa shape index (κ3) is 16.6. The molecular formula is C14H20Cl2SiZr-2. The first-order chi connectivity index (χ1) is 7.54. The standard InChI is InChI=1S/C7H9.C5H5.C2H6Si.2ClH.Zr/c1-6-4-3-5-7(6)2;1-2-4-5-3-1;1-3-2;;;/h4H,5H2,1-2H3;1-3H,4H2;1-2H3;2*1H;/q2*-1;;;;+2/p-2. The first-order valence-electron chi connectivity index (χ1n) is 5.50. The molecule has 4 heteroatoms. The SMILES string of the molecule is CC1=C(C)C[C-]=C1.C[Si](C)=[Zr+2].[C-]1=CC=CC1.[Cl-].[Cl-]. The number of hydrogen-bond donors (Lipinski definition) is 0. The van der Waals surface area contributed by atoms with E-state index in [0.29, 0.717) is 0 Å². The molecule has 0 aromatic heterocycles. The fourth-order valence-corrected chi connectivity index (χ4v) is 0.960. The first-order valence-corrected chi connectivity index (χ1v) is 11.7. The Kier molecular flexibility index (Phi) is 20.7. The molecule has 0 N–H and O–H groups in total. The minimum absolute atomic E-state index is 0. The van der Waals surface area contributed by atoms with Crippen LogP contribution >= 0.6 is 0 Å². The molecule has 2 rings (SSSR count). The molecule has 0 amide bonds. The van der Waals surface area contributed by atoms with Crippen molar-refractivity contribution in [2.45, 2.75) is 39.8 Å². The van der Waals surface area contributed by atoms with Gasteiger partial charge in [0.15, 0.2) is 0 Å². The predicted octanol–water partition coefficient (Wildman–Crippen LogP) is -1.82. The molecule has 2 aliphatic rings. The summed E-state index contributed by atoms with van der Waals surface area (Å²) in [4.78, 5) is 0. The van der Waals surface area contributed by atoms with Crippen molar-refractivity contribution >= 4 is 5.43 Å². The Morgan fingerprint density at radius 1 is 1.17 bits per heavy atom. The van der Waals surface area contributed by atoms with Crippen LogP contribution in [0.1, 0.15) is 26.7 Å². The van der Waals surface area contributed by atoms with Gasteiger partial charge in [-0.3, -0.25) is 12.2 Å². The summed E-state index contributed by atoms with van der Waals surface area (Å²) in [6.07, 6.45) is 16.2. The van der Waals surface area contributed by atoms with Gasteiger partial charge >= 0.3 is 41.9 Å². The minimum Gasteiger partial charge on any atom is -1.00 e. The van der Waals surface area contributed by atoms with Crippen molar-refractivity contribution in [2.24, 2.45) is 0 Å². The van der Waals surface area contributed by atoms with E-state index >= 15 is 0 Å². The van der Waals surface area contributed by atoms with Gasteiger partial charge in [-0.25, -0.2) is 23.8 Å². The van der Waals surface area contributed by atoms with Gasteiger partial charge in [-0.05, 0) is 0 Å². The minimum atomic E-state index is 0. The molecule has 0 saturated heterocycles. The van der Waals surface area contributed by atoms with Crippen LogP contribution in [-0.2, 0) is 23.3 Å². The number of allylic oxidation sites excluding steroid dienone is 8. The van der Waals surface area contributed by atoms with E-state index in [2.05, 4.69) is 51.2 Å². The fraction of sp³-hybridized carbons (Fsp3) is 0.429. The van der Waals surface area contributed by atoms with Gasteiger partial charge in [0.1, 0.15) is 0 Å². The monoisotopic (exact) mass is 376 g/mol. The molecule has 0 aliphatic heterocycles. The molecule has 0 saturated carbocycles. The Balaban J connectivity index is -0.000000185. The molecule has 18 heavy (non-hydrogen) atoms. The zero-order chi connectivity index (χ0) is 12.4. The van der Waals surface area contributed by atoms with Crippen molar-refractivity contribution < 1.29 is 48.1 Å².